The van der Waals surface area contributed by atoms with Gasteiger partial charge in [-0.3, -0.25) is 0 Å². The van der Waals surface area contributed by atoms with Gasteiger partial charge in [0, 0.05) is 0 Å². The minimum absolute atomic E-state index is 0.344. The van der Waals surface area contributed by atoms with Gasteiger partial charge in [0.2, 0.25) is 0 Å². The fourth-order valence-electron chi connectivity index (χ4n) is 1.19. The first-order chi connectivity index (χ1) is 7.60. The number of aliphatic hydroxyl groups is 2. The molecule has 0 fully saturated rings. The molecule has 1 aromatic rings. The van der Waals surface area contributed by atoms with Crippen LogP contribution >= 0.6 is 0 Å². The quantitative estimate of drug-likeness (QED) is 0.708. The van der Waals surface area contributed by atoms with Crippen LogP contribution in [0.25, 0.3) is 0 Å². The van der Waals surface area contributed by atoms with Crippen LogP contribution in [0.3, 0.4) is 0 Å². The van der Waals surface area contributed by atoms with Gasteiger partial charge in [0.1, 0.15) is 6.10 Å². The normalized spacial score (nSPS) is 13.6. The molecule has 0 bridgehead atoms. The molecule has 1 aromatic carbocycles. The summed E-state index contributed by atoms with van der Waals surface area (Å²) in [6, 6.07) is 7.83. The van der Waals surface area contributed by atoms with Crippen molar-refractivity contribution in [2.24, 2.45) is 0 Å². The number of rotatable bonds is 3. The predicted octanol–water partition coefficient (Wildman–Crippen LogP) is 0.126. The number of hydrogen-bond donors (Lipinski definition) is 2. The third kappa shape index (κ3) is 2.57. The van der Waals surface area contributed by atoms with Crippen molar-refractivity contribution in [2.75, 3.05) is 7.11 Å². The highest BCUT2D eigenvalue weighted by atomic mass is 16.5. The summed E-state index contributed by atoms with van der Waals surface area (Å²) in [6.45, 7) is 0. The Morgan fingerprint density at radius 2 is 1.94 bits per heavy atom. The van der Waals surface area contributed by atoms with Gasteiger partial charge in [-0.05, 0) is 17.7 Å². The first-order valence-corrected chi connectivity index (χ1v) is 4.54. The molecule has 0 unspecified atom stereocenters. The molecule has 0 heterocycles. The summed E-state index contributed by atoms with van der Waals surface area (Å²) in [5.74, 6) is -0.906. The third-order valence-corrected chi connectivity index (χ3v) is 2.12. The van der Waals surface area contributed by atoms with Crippen molar-refractivity contribution in [3.8, 4) is 6.07 Å². The van der Waals surface area contributed by atoms with Crippen molar-refractivity contribution in [1.82, 2.24) is 0 Å². The maximum Gasteiger partial charge on any atom is 0.337 e. The molecule has 16 heavy (non-hydrogen) atoms. The zero-order valence-corrected chi connectivity index (χ0v) is 8.62. The van der Waals surface area contributed by atoms with E-state index in [2.05, 4.69) is 4.74 Å². The fraction of sp³-hybridized carbons (Fsp3) is 0.273. The second kappa shape index (κ2) is 5.26. The second-order valence-electron chi connectivity index (χ2n) is 3.15. The highest BCUT2D eigenvalue weighted by Gasteiger charge is 2.26. The van der Waals surface area contributed by atoms with E-state index in [0.717, 1.165) is 7.11 Å². The molecule has 5 nitrogen and oxygen atoms in total. The molecule has 0 aliphatic carbocycles. The maximum atomic E-state index is 11.0. The molecule has 2 atom stereocenters. The first-order valence-electron chi connectivity index (χ1n) is 4.54. The number of esters is 1. The average molecular weight is 221 g/mol. The number of carbonyl (C=O) groups excluding carboxylic acids is 1. The Balaban J connectivity index is 2.84. The van der Waals surface area contributed by atoms with Crippen molar-refractivity contribution in [1.29, 1.82) is 5.26 Å². The van der Waals surface area contributed by atoms with Crippen molar-refractivity contribution >= 4 is 5.97 Å². The molecule has 0 aromatic heterocycles. The summed E-state index contributed by atoms with van der Waals surface area (Å²) in [6.07, 6.45) is -2.99. The number of ether oxygens (including phenoxy) is 1. The number of carbonyl (C=O) groups is 1. The molecule has 84 valence electrons. The van der Waals surface area contributed by atoms with Crippen LogP contribution in [-0.2, 0) is 9.53 Å². The van der Waals surface area contributed by atoms with Crippen LogP contribution in [-0.4, -0.2) is 29.4 Å². The monoisotopic (exact) mass is 221 g/mol. The summed E-state index contributed by atoms with van der Waals surface area (Å²) >= 11 is 0. The van der Waals surface area contributed by atoms with Crippen LogP contribution < -0.4 is 0 Å². The van der Waals surface area contributed by atoms with E-state index >= 15 is 0 Å². The molecule has 0 aliphatic rings. The van der Waals surface area contributed by atoms with E-state index in [-0.39, 0.29) is 0 Å². The summed E-state index contributed by atoms with van der Waals surface area (Å²) in [5.41, 5.74) is 0.778. The van der Waals surface area contributed by atoms with Crippen molar-refractivity contribution < 1.29 is 19.7 Å². The molecule has 0 saturated carbocycles. The topological polar surface area (TPSA) is 90.6 Å². The average Bonchev–Trinajstić information content (AvgIpc) is 2.36. The zero-order valence-electron chi connectivity index (χ0n) is 8.62. The van der Waals surface area contributed by atoms with E-state index in [4.69, 9.17) is 5.26 Å². The number of benzene rings is 1. The van der Waals surface area contributed by atoms with Crippen LogP contribution in [0.1, 0.15) is 17.2 Å². The largest absolute Gasteiger partial charge is 0.467 e. The Morgan fingerprint density at radius 3 is 2.38 bits per heavy atom. The van der Waals surface area contributed by atoms with Gasteiger partial charge in [-0.2, -0.15) is 5.26 Å². The van der Waals surface area contributed by atoms with E-state index in [0.29, 0.717) is 11.1 Å². The van der Waals surface area contributed by atoms with Crippen LogP contribution in [0, 0.1) is 11.3 Å². The first kappa shape index (κ1) is 12.2. The van der Waals surface area contributed by atoms with Gasteiger partial charge in [-0.15, -0.1) is 0 Å². The number of nitriles is 1. The third-order valence-electron chi connectivity index (χ3n) is 2.12. The molecule has 2 N–H and O–H groups in total. The lowest BCUT2D eigenvalue weighted by atomic mass is 10.0. The molecule has 0 spiro atoms. The number of nitrogens with zero attached hydrogens (tertiary/aromatic N) is 1. The van der Waals surface area contributed by atoms with Crippen molar-refractivity contribution in [3.05, 3.63) is 35.4 Å². The smallest absolute Gasteiger partial charge is 0.337 e. The highest BCUT2D eigenvalue weighted by molar-refractivity contribution is 5.75. The van der Waals surface area contributed by atoms with E-state index < -0.39 is 18.2 Å². The lowest BCUT2D eigenvalue weighted by molar-refractivity contribution is -0.156. The Kier molecular flexibility index (Phi) is 4.00. The summed E-state index contributed by atoms with van der Waals surface area (Å²) in [7, 11) is 1.12. The lowest BCUT2D eigenvalue weighted by Crippen LogP contribution is -2.28. The van der Waals surface area contributed by atoms with Gasteiger partial charge in [0.25, 0.3) is 0 Å². The molecular formula is C11H11NO4. The Bertz CT molecular complexity index is 407. The molecule has 5 heteroatoms. The minimum atomic E-state index is -1.63. The lowest BCUT2D eigenvalue weighted by Gasteiger charge is -2.15. The number of methoxy groups -OCH3 is 1. The van der Waals surface area contributed by atoms with Crippen LogP contribution in [0.15, 0.2) is 24.3 Å². The summed E-state index contributed by atoms with van der Waals surface area (Å²) in [5, 5.41) is 27.6. The van der Waals surface area contributed by atoms with Gasteiger partial charge >= 0.3 is 5.97 Å². The zero-order chi connectivity index (χ0) is 12.1. The Hall–Kier alpha value is -1.90. The maximum absolute atomic E-state index is 11.0. The predicted molar refractivity (Wildman–Crippen MR) is 54.1 cm³/mol. The summed E-state index contributed by atoms with van der Waals surface area (Å²) in [4.78, 5) is 11.0. The standard InChI is InChI=1S/C11H11NO4/c1-16-11(15)10(14)9(13)8-4-2-7(6-12)3-5-8/h2-5,9-10,13-14H,1H3/t9-,10+/m0/s1. The van der Waals surface area contributed by atoms with Crippen LogP contribution in [0.4, 0.5) is 0 Å². The molecule has 0 aliphatic heterocycles. The molecular weight excluding hydrogens is 210 g/mol. The van der Waals surface area contributed by atoms with Crippen LogP contribution in [0.5, 0.6) is 0 Å². The van der Waals surface area contributed by atoms with Gasteiger partial charge in [0.15, 0.2) is 6.10 Å². The van der Waals surface area contributed by atoms with E-state index in [1.165, 1.54) is 24.3 Å². The fourth-order valence-corrected chi connectivity index (χ4v) is 1.19. The number of aliphatic hydroxyl groups excluding tert-OH is 2. The second-order valence-corrected chi connectivity index (χ2v) is 3.15. The highest BCUT2D eigenvalue weighted by Crippen LogP contribution is 2.18. The SMILES string of the molecule is COC(=O)[C@H](O)[C@@H](O)c1ccc(C#N)cc1. The number of hydrogen-bond acceptors (Lipinski definition) is 5. The van der Waals surface area contributed by atoms with Crippen molar-refractivity contribution in [3.63, 3.8) is 0 Å². The van der Waals surface area contributed by atoms with Crippen LogP contribution in [0.2, 0.25) is 0 Å². The van der Waals surface area contributed by atoms with Gasteiger partial charge in [-0.25, -0.2) is 4.79 Å². The molecule has 0 amide bonds. The summed E-state index contributed by atoms with van der Waals surface area (Å²) < 4.78 is 4.30. The van der Waals surface area contributed by atoms with E-state index in [1.54, 1.807) is 0 Å². The molecule has 0 radical (unpaired) electrons. The Labute approximate surface area is 92.5 Å². The van der Waals surface area contributed by atoms with E-state index in [1.807, 2.05) is 6.07 Å². The minimum Gasteiger partial charge on any atom is -0.467 e. The Morgan fingerprint density at radius 1 is 1.38 bits per heavy atom. The molecule has 0 saturated heterocycles. The van der Waals surface area contributed by atoms with E-state index in [9.17, 15) is 15.0 Å². The van der Waals surface area contributed by atoms with Gasteiger partial charge in [0.05, 0.1) is 18.7 Å². The molecule has 1 rings (SSSR count). The van der Waals surface area contributed by atoms with Gasteiger partial charge < -0.3 is 14.9 Å². The van der Waals surface area contributed by atoms with Crippen molar-refractivity contribution in [2.45, 2.75) is 12.2 Å². The van der Waals surface area contributed by atoms with Gasteiger partial charge in [-0.1, -0.05) is 12.1 Å².